The van der Waals surface area contributed by atoms with Gasteiger partial charge in [0, 0.05) is 55.2 Å². The monoisotopic (exact) mass is 562 g/mol. The maximum atomic E-state index is 7.60. The van der Waals surface area contributed by atoms with Crippen LogP contribution in [-0.2, 0) is 0 Å². The second kappa shape index (κ2) is 7.74. The summed E-state index contributed by atoms with van der Waals surface area (Å²) in [6.45, 7) is -2.22. The molecular formula is C38H23BN4O. The lowest BCUT2D eigenvalue weighted by molar-refractivity contribution is -0.545. The van der Waals surface area contributed by atoms with Gasteiger partial charge in [-0.2, -0.15) is 0 Å². The molecule has 5 heterocycles. The fraction of sp³-hybridized carbons (Fsp3) is 0. The van der Waals surface area contributed by atoms with Gasteiger partial charge in [-0.1, -0.05) is 96.0 Å². The SMILES string of the molecule is c1ccc(O[B-]23n4c5ccccc5c5cccc(c54)-c4ccnc([n+]42)-c2cccc4c5c6ccccc6ccc5n3c24)cc1. The summed E-state index contributed by atoms with van der Waals surface area (Å²) in [5.74, 6) is 1.71. The van der Waals surface area contributed by atoms with Crippen molar-refractivity contribution < 1.29 is 9.13 Å². The van der Waals surface area contributed by atoms with Crippen molar-refractivity contribution >= 4 is 61.1 Å². The van der Waals surface area contributed by atoms with Crippen LogP contribution in [-0.4, -0.2) is 20.7 Å². The van der Waals surface area contributed by atoms with Crippen molar-refractivity contribution in [3.05, 3.63) is 140 Å². The standard InChI is InChI=1S/C38H23BN4O/c1-2-11-25(12-3-1)44-39-41-32-19-7-6-14-27(32)28-15-8-16-29(36(28)41)33-22-23-40-38(43(33)39)31-18-9-17-30-35-26-13-5-4-10-24(26)20-21-34(35)42(39)37(30)31/h1-23H. The molecule has 9 aromatic rings. The summed E-state index contributed by atoms with van der Waals surface area (Å²) in [6.07, 6.45) is 1.95. The second-order valence-electron chi connectivity index (χ2n) is 12.0. The van der Waals surface area contributed by atoms with E-state index in [4.69, 9.17) is 9.64 Å². The minimum absolute atomic E-state index is 0.807. The Bertz CT molecular complexity index is 2710. The average molecular weight is 562 g/mol. The Morgan fingerprint density at radius 3 is 2.16 bits per heavy atom. The molecule has 2 aliphatic rings. The van der Waals surface area contributed by atoms with E-state index in [0.29, 0.717) is 0 Å². The molecule has 0 bridgehead atoms. The van der Waals surface area contributed by atoms with Crippen LogP contribution >= 0.6 is 0 Å². The highest BCUT2D eigenvalue weighted by atomic mass is 16.5. The van der Waals surface area contributed by atoms with E-state index in [1.807, 2.05) is 24.4 Å². The Morgan fingerprint density at radius 2 is 1.25 bits per heavy atom. The van der Waals surface area contributed by atoms with E-state index in [9.17, 15) is 0 Å². The molecule has 11 rings (SSSR count). The Kier molecular flexibility index (Phi) is 3.99. The third kappa shape index (κ3) is 2.48. The number of fused-ring (bicyclic) bond motifs is 12. The van der Waals surface area contributed by atoms with Crippen LogP contribution in [0.25, 0.3) is 77.0 Å². The van der Waals surface area contributed by atoms with Crippen molar-refractivity contribution in [2.24, 2.45) is 0 Å². The Hall–Kier alpha value is -5.88. The maximum absolute atomic E-state index is 7.60. The Morgan fingerprint density at radius 1 is 0.545 bits per heavy atom. The van der Waals surface area contributed by atoms with Crippen LogP contribution in [0, 0.1) is 0 Å². The quantitative estimate of drug-likeness (QED) is 0.199. The van der Waals surface area contributed by atoms with Gasteiger partial charge in [0.25, 0.3) is 5.82 Å². The van der Waals surface area contributed by atoms with Crippen LogP contribution in [0.4, 0.5) is 0 Å². The van der Waals surface area contributed by atoms with Gasteiger partial charge in [0.05, 0.1) is 17.0 Å². The summed E-state index contributed by atoms with van der Waals surface area (Å²) in [7, 11) is 0. The van der Waals surface area contributed by atoms with Crippen LogP contribution in [0.3, 0.4) is 0 Å². The van der Waals surface area contributed by atoms with Crippen molar-refractivity contribution in [3.8, 4) is 28.4 Å². The molecule has 0 N–H and O–H groups in total. The van der Waals surface area contributed by atoms with Crippen molar-refractivity contribution in [2.75, 3.05) is 0 Å². The first-order chi connectivity index (χ1) is 21.8. The van der Waals surface area contributed by atoms with E-state index in [1.165, 1.54) is 43.4 Å². The first kappa shape index (κ1) is 22.7. The molecule has 0 spiro atoms. The van der Waals surface area contributed by atoms with Crippen LogP contribution in [0.15, 0.2) is 140 Å². The highest BCUT2D eigenvalue weighted by Crippen LogP contribution is 2.47. The highest BCUT2D eigenvalue weighted by molar-refractivity contribution is 6.69. The lowest BCUT2D eigenvalue weighted by Gasteiger charge is -2.48. The number of nitrogens with zero attached hydrogens (tertiary/aromatic N) is 4. The Labute approximate surface area is 251 Å². The lowest BCUT2D eigenvalue weighted by atomic mass is 9.72. The molecule has 0 fully saturated rings. The van der Waals surface area contributed by atoms with Gasteiger partial charge in [-0.05, 0) is 47.2 Å². The molecule has 0 radical (unpaired) electrons. The Balaban J connectivity index is 1.47. The van der Waals surface area contributed by atoms with E-state index in [2.05, 4.69) is 129 Å². The van der Waals surface area contributed by atoms with Crippen LogP contribution in [0.2, 0.25) is 0 Å². The number of aromatic nitrogens is 4. The van der Waals surface area contributed by atoms with Gasteiger partial charge in [-0.3, -0.25) is 0 Å². The second-order valence-corrected chi connectivity index (χ2v) is 12.0. The van der Waals surface area contributed by atoms with Crippen LogP contribution in [0.5, 0.6) is 5.75 Å². The molecule has 1 atom stereocenters. The normalized spacial score (nSPS) is 16.3. The van der Waals surface area contributed by atoms with Gasteiger partial charge < -0.3 is 18.1 Å². The lowest BCUT2D eigenvalue weighted by Crippen LogP contribution is -2.81. The summed E-state index contributed by atoms with van der Waals surface area (Å²) in [5, 5.41) is 7.33. The molecule has 0 amide bonds. The summed E-state index contributed by atoms with van der Waals surface area (Å²) >= 11 is 0. The molecule has 2 aliphatic heterocycles. The molecule has 44 heavy (non-hydrogen) atoms. The number of para-hydroxylation sites is 4. The number of hydrogen-bond acceptors (Lipinski definition) is 2. The summed E-state index contributed by atoms with van der Waals surface area (Å²) in [5.41, 5.74) is 7.97. The van der Waals surface area contributed by atoms with Crippen LogP contribution in [0.1, 0.15) is 0 Å². The molecule has 6 aromatic carbocycles. The predicted molar refractivity (Wildman–Crippen MR) is 178 cm³/mol. The molecule has 204 valence electrons. The fourth-order valence-corrected chi connectivity index (χ4v) is 8.39. The van der Waals surface area contributed by atoms with Crippen molar-refractivity contribution in [2.45, 2.75) is 0 Å². The van der Waals surface area contributed by atoms with Crippen molar-refractivity contribution in [1.29, 1.82) is 0 Å². The van der Waals surface area contributed by atoms with Crippen LogP contribution < -0.4 is 9.13 Å². The topological polar surface area (TPSA) is 35.9 Å². The molecule has 0 saturated heterocycles. The van der Waals surface area contributed by atoms with Gasteiger partial charge in [0.2, 0.25) is 0 Å². The number of hydrogen-bond donors (Lipinski definition) is 0. The zero-order valence-corrected chi connectivity index (χ0v) is 23.6. The molecule has 3 aromatic heterocycles. The predicted octanol–water partition coefficient (Wildman–Crippen LogP) is 8.16. The number of rotatable bonds is 2. The number of benzene rings is 6. The van der Waals surface area contributed by atoms with Gasteiger partial charge in [0.1, 0.15) is 6.20 Å². The largest absolute Gasteiger partial charge is 0.641 e. The minimum Gasteiger partial charge on any atom is -0.641 e. The molecule has 6 heteroatoms. The first-order valence-corrected chi connectivity index (χ1v) is 15.1. The van der Waals surface area contributed by atoms with Gasteiger partial charge in [-0.25, -0.2) is 0 Å². The van der Waals surface area contributed by atoms with Gasteiger partial charge >= 0.3 is 6.75 Å². The highest BCUT2D eigenvalue weighted by Gasteiger charge is 2.55. The zero-order valence-electron chi connectivity index (χ0n) is 23.6. The van der Waals surface area contributed by atoms with E-state index < -0.39 is 6.75 Å². The molecule has 5 nitrogen and oxygen atoms in total. The van der Waals surface area contributed by atoms with Crippen molar-refractivity contribution in [3.63, 3.8) is 0 Å². The summed E-state index contributed by atoms with van der Waals surface area (Å²) in [4.78, 5) is 5.13. The van der Waals surface area contributed by atoms with Gasteiger partial charge in [-0.15, -0.1) is 0 Å². The zero-order chi connectivity index (χ0) is 28.6. The molecular weight excluding hydrogens is 539 g/mol. The average Bonchev–Trinajstić information content (AvgIpc) is 3.62. The maximum Gasteiger partial charge on any atom is 0.593 e. The van der Waals surface area contributed by atoms with Gasteiger partial charge in [0.15, 0.2) is 0 Å². The molecule has 0 saturated carbocycles. The summed E-state index contributed by atoms with van der Waals surface area (Å²) < 4.78 is 15.0. The smallest absolute Gasteiger partial charge is 0.593 e. The van der Waals surface area contributed by atoms with E-state index in [1.54, 1.807) is 0 Å². The summed E-state index contributed by atoms with van der Waals surface area (Å²) in [6, 6.07) is 47.7. The molecule has 1 unspecified atom stereocenters. The van der Waals surface area contributed by atoms with E-state index >= 15 is 0 Å². The molecule has 0 aliphatic carbocycles. The van der Waals surface area contributed by atoms with E-state index in [-0.39, 0.29) is 0 Å². The minimum atomic E-state index is -2.22. The first-order valence-electron chi connectivity index (χ1n) is 15.1. The third-order valence-corrected chi connectivity index (χ3v) is 9.92. The fourth-order valence-electron chi connectivity index (χ4n) is 8.39. The van der Waals surface area contributed by atoms with Crippen molar-refractivity contribution in [1.82, 2.24) is 13.9 Å². The van der Waals surface area contributed by atoms with E-state index in [0.717, 1.165) is 39.4 Å². The third-order valence-electron chi connectivity index (χ3n) is 9.92.